The molecule has 0 fully saturated rings. The van der Waals surface area contributed by atoms with Crippen LogP contribution >= 0.6 is 27.3 Å². The third-order valence-electron chi connectivity index (χ3n) is 6.12. The number of hydrogen-bond acceptors (Lipinski definition) is 6. The second-order valence-electron chi connectivity index (χ2n) is 8.68. The van der Waals surface area contributed by atoms with E-state index in [1.165, 1.54) is 11.3 Å². The Morgan fingerprint density at radius 1 is 1.08 bits per heavy atom. The summed E-state index contributed by atoms with van der Waals surface area (Å²) in [6.07, 6.45) is 1.83. The van der Waals surface area contributed by atoms with Gasteiger partial charge in [-0.3, -0.25) is 9.36 Å². The molecule has 0 aliphatic carbocycles. The molecular formula is C30H25BrN2O4S. The van der Waals surface area contributed by atoms with Crippen LogP contribution in [-0.4, -0.2) is 17.1 Å². The maximum Gasteiger partial charge on any atom is 0.338 e. The molecule has 4 aromatic rings. The number of rotatable bonds is 7. The Hall–Kier alpha value is -3.75. The molecule has 6 nitrogen and oxygen atoms in total. The number of benzene rings is 3. The minimum atomic E-state index is -0.617. The van der Waals surface area contributed by atoms with E-state index in [2.05, 4.69) is 20.9 Å². The fraction of sp³-hybridized carbons (Fsp3) is 0.167. The predicted octanol–water partition coefficient (Wildman–Crippen LogP) is 5.14. The first-order chi connectivity index (χ1) is 18.5. The van der Waals surface area contributed by atoms with Crippen LogP contribution in [-0.2, 0) is 16.1 Å². The largest absolute Gasteiger partial charge is 0.488 e. The van der Waals surface area contributed by atoms with Gasteiger partial charge in [-0.1, -0.05) is 78.1 Å². The molecule has 3 aromatic carbocycles. The first kappa shape index (κ1) is 25.9. The summed E-state index contributed by atoms with van der Waals surface area (Å²) >= 11 is 4.89. The topological polar surface area (TPSA) is 69.9 Å². The first-order valence-electron chi connectivity index (χ1n) is 12.2. The van der Waals surface area contributed by atoms with Gasteiger partial charge in [-0.2, -0.15) is 0 Å². The van der Waals surface area contributed by atoms with Crippen molar-refractivity contribution >= 4 is 39.3 Å². The Balaban J connectivity index is 1.53. The highest BCUT2D eigenvalue weighted by Crippen LogP contribution is 2.31. The second-order valence-corrected chi connectivity index (χ2v) is 10.5. The lowest BCUT2D eigenvalue weighted by atomic mass is 9.96. The van der Waals surface area contributed by atoms with Crippen LogP contribution < -0.4 is 19.6 Å². The Bertz CT molecular complexity index is 1690. The standard InChI is InChI=1S/C30H25BrN2O4S/c1-3-36-29(35)26-19(2)32-30-33(27(26)22-12-8-5-9-13-22)28(34)25(38-30)17-21-14-15-24(23(31)16-21)37-18-20-10-6-4-7-11-20/h4-17,27H,3,18H2,1-2H3/b25-17-. The third kappa shape index (κ3) is 5.28. The van der Waals surface area contributed by atoms with Gasteiger partial charge in [-0.25, -0.2) is 9.79 Å². The van der Waals surface area contributed by atoms with E-state index in [0.717, 1.165) is 21.2 Å². The number of halogens is 1. The highest BCUT2D eigenvalue weighted by Gasteiger charge is 2.33. The van der Waals surface area contributed by atoms with E-state index in [1.54, 1.807) is 18.4 Å². The molecule has 0 saturated carbocycles. The number of aromatic nitrogens is 1. The van der Waals surface area contributed by atoms with Crippen LogP contribution in [0.15, 0.2) is 104 Å². The number of esters is 1. The van der Waals surface area contributed by atoms with E-state index in [1.807, 2.05) is 84.9 Å². The number of hydrogen-bond donors (Lipinski definition) is 0. The van der Waals surface area contributed by atoms with Crippen molar-refractivity contribution in [3.63, 3.8) is 0 Å². The number of ether oxygens (including phenoxy) is 2. The van der Waals surface area contributed by atoms with Crippen molar-refractivity contribution < 1.29 is 14.3 Å². The molecule has 2 heterocycles. The van der Waals surface area contributed by atoms with E-state index < -0.39 is 12.0 Å². The Kier molecular flexibility index (Phi) is 7.72. The molecule has 1 aromatic heterocycles. The number of nitrogens with zero attached hydrogens (tertiary/aromatic N) is 2. The van der Waals surface area contributed by atoms with Gasteiger partial charge >= 0.3 is 5.97 Å². The molecule has 0 N–H and O–H groups in total. The molecule has 0 spiro atoms. The molecule has 1 aliphatic heterocycles. The summed E-state index contributed by atoms with van der Waals surface area (Å²) in [6, 6.07) is 24.5. The molecule has 1 atom stereocenters. The Morgan fingerprint density at radius 3 is 2.47 bits per heavy atom. The van der Waals surface area contributed by atoms with Crippen molar-refractivity contribution in [2.45, 2.75) is 26.5 Å². The Labute approximate surface area is 232 Å². The van der Waals surface area contributed by atoms with Gasteiger partial charge in [0.05, 0.1) is 32.9 Å². The smallest absolute Gasteiger partial charge is 0.338 e. The average molecular weight is 590 g/mol. The summed E-state index contributed by atoms with van der Waals surface area (Å²) in [4.78, 5) is 31.8. The zero-order valence-electron chi connectivity index (χ0n) is 20.9. The van der Waals surface area contributed by atoms with Crippen molar-refractivity contribution in [2.75, 3.05) is 6.61 Å². The van der Waals surface area contributed by atoms with Crippen molar-refractivity contribution in [1.29, 1.82) is 0 Å². The molecule has 38 heavy (non-hydrogen) atoms. The first-order valence-corrected chi connectivity index (χ1v) is 13.8. The van der Waals surface area contributed by atoms with Crippen molar-refractivity contribution in [3.8, 4) is 5.75 Å². The van der Waals surface area contributed by atoms with E-state index in [9.17, 15) is 9.59 Å². The zero-order chi connectivity index (χ0) is 26.6. The van der Waals surface area contributed by atoms with E-state index >= 15 is 0 Å². The van der Waals surface area contributed by atoms with Crippen LogP contribution in [0.5, 0.6) is 5.75 Å². The van der Waals surface area contributed by atoms with E-state index in [0.29, 0.717) is 33.0 Å². The number of thiazole rings is 1. The monoisotopic (exact) mass is 588 g/mol. The number of carbonyl (C=O) groups is 1. The lowest BCUT2D eigenvalue weighted by molar-refractivity contribution is -0.139. The SMILES string of the molecule is CCOC(=O)C1=C(C)N=c2s/c(=C\c3ccc(OCc4ccccc4)c(Br)c3)c(=O)n2C1c1ccccc1. The highest BCUT2D eigenvalue weighted by molar-refractivity contribution is 9.10. The van der Waals surface area contributed by atoms with Gasteiger partial charge in [-0.15, -0.1) is 0 Å². The minimum absolute atomic E-state index is 0.211. The molecule has 192 valence electrons. The average Bonchev–Trinajstić information content (AvgIpc) is 3.22. The molecule has 5 rings (SSSR count). The lowest BCUT2D eigenvalue weighted by Gasteiger charge is -2.24. The van der Waals surface area contributed by atoms with Crippen LogP contribution in [0, 0.1) is 0 Å². The minimum Gasteiger partial charge on any atom is -0.488 e. The molecule has 1 aliphatic rings. The molecular weight excluding hydrogens is 564 g/mol. The summed E-state index contributed by atoms with van der Waals surface area (Å²) in [5.41, 5.74) is 3.45. The van der Waals surface area contributed by atoms with Gasteiger partial charge in [0, 0.05) is 0 Å². The van der Waals surface area contributed by atoms with Gasteiger partial charge < -0.3 is 9.47 Å². The maximum atomic E-state index is 13.7. The van der Waals surface area contributed by atoms with Crippen LogP contribution in [0.2, 0.25) is 0 Å². The van der Waals surface area contributed by atoms with Crippen LogP contribution in [0.25, 0.3) is 6.08 Å². The quantitative estimate of drug-likeness (QED) is 0.280. The summed E-state index contributed by atoms with van der Waals surface area (Å²) in [5.74, 6) is 0.248. The number of allylic oxidation sites excluding steroid dienone is 1. The third-order valence-corrected chi connectivity index (χ3v) is 7.73. The van der Waals surface area contributed by atoms with Gasteiger partial charge in [0.1, 0.15) is 12.4 Å². The predicted molar refractivity (Wildman–Crippen MR) is 152 cm³/mol. The van der Waals surface area contributed by atoms with Crippen molar-refractivity contribution in [3.05, 3.63) is 131 Å². The molecule has 0 bridgehead atoms. The van der Waals surface area contributed by atoms with Gasteiger partial charge in [0.25, 0.3) is 5.56 Å². The number of fused-ring (bicyclic) bond motifs is 1. The summed E-state index contributed by atoms with van der Waals surface area (Å²) in [6.45, 7) is 4.24. The normalized spacial score (nSPS) is 15.1. The molecule has 0 saturated heterocycles. The molecule has 0 amide bonds. The van der Waals surface area contributed by atoms with Gasteiger partial charge in [-0.05, 0) is 64.7 Å². The summed E-state index contributed by atoms with van der Waals surface area (Å²) in [7, 11) is 0. The maximum absolute atomic E-state index is 13.7. The fourth-order valence-corrected chi connectivity index (χ4v) is 5.91. The molecule has 0 radical (unpaired) electrons. The Morgan fingerprint density at radius 2 is 1.79 bits per heavy atom. The van der Waals surface area contributed by atoms with Gasteiger partial charge in [0.15, 0.2) is 4.80 Å². The van der Waals surface area contributed by atoms with E-state index in [-0.39, 0.29) is 12.2 Å². The second kappa shape index (κ2) is 11.3. The van der Waals surface area contributed by atoms with Crippen LogP contribution in [0.3, 0.4) is 0 Å². The number of carbonyl (C=O) groups excluding carboxylic acids is 1. The zero-order valence-corrected chi connectivity index (χ0v) is 23.3. The lowest BCUT2D eigenvalue weighted by Crippen LogP contribution is -2.39. The molecule has 1 unspecified atom stereocenters. The highest BCUT2D eigenvalue weighted by atomic mass is 79.9. The van der Waals surface area contributed by atoms with Crippen LogP contribution in [0.1, 0.15) is 36.6 Å². The molecule has 8 heteroatoms. The van der Waals surface area contributed by atoms with Gasteiger partial charge in [0.2, 0.25) is 0 Å². The van der Waals surface area contributed by atoms with Crippen molar-refractivity contribution in [1.82, 2.24) is 4.57 Å². The summed E-state index contributed by atoms with van der Waals surface area (Å²) in [5, 5.41) is 0. The van der Waals surface area contributed by atoms with Crippen LogP contribution in [0.4, 0.5) is 0 Å². The van der Waals surface area contributed by atoms with Crippen molar-refractivity contribution in [2.24, 2.45) is 4.99 Å². The van der Waals surface area contributed by atoms with E-state index in [4.69, 9.17) is 9.47 Å². The fourth-order valence-electron chi connectivity index (χ4n) is 4.35. The summed E-state index contributed by atoms with van der Waals surface area (Å²) < 4.78 is 14.2.